The SMILES string of the molecule is Cc1c(NN)nc(C2CC2)nc1NCCCC(C)O. The molecule has 1 saturated carbocycles. The van der Waals surface area contributed by atoms with Gasteiger partial charge in [0.2, 0.25) is 0 Å². The van der Waals surface area contributed by atoms with Gasteiger partial charge in [-0.1, -0.05) is 0 Å². The van der Waals surface area contributed by atoms with Gasteiger partial charge in [0.15, 0.2) is 0 Å². The van der Waals surface area contributed by atoms with E-state index in [0.717, 1.165) is 49.4 Å². The van der Waals surface area contributed by atoms with Crippen LogP contribution in [0, 0.1) is 6.92 Å². The molecule has 0 radical (unpaired) electrons. The lowest BCUT2D eigenvalue weighted by Crippen LogP contribution is -2.15. The van der Waals surface area contributed by atoms with Crippen LogP contribution in [0.15, 0.2) is 0 Å². The number of hydrogen-bond donors (Lipinski definition) is 4. The molecule has 1 aromatic rings. The molecule has 19 heavy (non-hydrogen) atoms. The van der Waals surface area contributed by atoms with E-state index < -0.39 is 0 Å². The standard InChI is InChI=1S/C13H23N5O/c1-8(19)4-3-7-15-11-9(2)12(18-14)17-13(16-11)10-5-6-10/h8,10,19H,3-7,14H2,1-2H3,(H2,15,16,17,18). The molecule has 1 heterocycles. The Bertz CT molecular complexity index is 431. The van der Waals surface area contributed by atoms with E-state index in [4.69, 9.17) is 5.84 Å². The van der Waals surface area contributed by atoms with Gasteiger partial charge in [-0.05, 0) is 39.5 Å². The molecular formula is C13H23N5O. The topological polar surface area (TPSA) is 96.1 Å². The molecule has 1 aromatic heterocycles. The minimum absolute atomic E-state index is 0.253. The van der Waals surface area contributed by atoms with Crippen molar-refractivity contribution in [2.75, 3.05) is 17.3 Å². The second-order valence-corrected chi connectivity index (χ2v) is 5.24. The van der Waals surface area contributed by atoms with Crippen LogP contribution in [-0.4, -0.2) is 27.7 Å². The van der Waals surface area contributed by atoms with Crippen molar-refractivity contribution in [2.24, 2.45) is 5.84 Å². The van der Waals surface area contributed by atoms with Crippen LogP contribution in [0.25, 0.3) is 0 Å². The minimum Gasteiger partial charge on any atom is -0.393 e. The van der Waals surface area contributed by atoms with Gasteiger partial charge < -0.3 is 15.8 Å². The number of hydrogen-bond acceptors (Lipinski definition) is 6. The number of aliphatic hydroxyl groups excluding tert-OH is 1. The van der Waals surface area contributed by atoms with Gasteiger partial charge in [-0.25, -0.2) is 15.8 Å². The number of nitrogens with one attached hydrogen (secondary N) is 2. The molecule has 6 nitrogen and oxygen atoms in total. The number of aliphatic hydroxyl groups is 1. The summed E-state index contributed by atoms with van der Waals surface area (Å²) in [4.78, 5) is 9.02. The zero-order chi connectivity index (χ0) is 13.8. The average Bonchev–Trinajstić information content (AvgIpc) is 3.20. The molecule has 1 aliphatic rings. The van der Waals surface area contributed by atoms with E-state index in [9.17, 15) is 5.11 Å². The number of aromatic nitrogens is 2. The molecule has 0 bridgehead atoms. The van der Waals surface area contributed by atoms with Crippen molar-refractivity contribution >= 4 is 11.6 Å². The Morgan fingerprint density at radius 3 is 2.63 bits per heavy atom. The van der Waals surface area contributed by atoms with Crippen LogP contribution in [-0.2, 0) is 0 Å². The second-order valence-electron chi connectivity index (χ2n) is 5.24. The Morgan fingerprint density at radius 1 is 1.37 bits per heavy atom. The monoisotopic (exact) mass is 265 g/mol. The van der Waals surface area contributed by atoms with Crippen molar-refractivity contribution in [1.82, 2.24) is 9.97 Å². The quantitative estimate of drug-likeness (QED) is 0.339. The van der Waals surface area contributed by atoms with Gasteiger partial charge in [0.05, 0.1) is 6.10 Å². The summed E-state index contributed by atoms with van der Waals surface area (Å²) in [7, 11) is 0. The molecule has 0 amide bonds. The summed E-state index contributed by atoms with van der Waals surface area (Å²) in [6, 6.07) is 0. The predicted molar refractivity (Wildman–Crippen MR) is 76.0 cm³/mol. The largest absolute Gasteiger partial charge is 0.393 e. The van der Waals surface area contributed by atoms with E-state index in [2.05, 4.69) is 20.7 Å². The van der Waals surface area contributed by atoms with E-state index in [1.165, 1.54) is 0 Å². The molecule has 106 valence electrons. The van der Waals surface area contributed by atoms with Crippen LogP contribution in [0.5, 0.6) is 0 Å². The van der Waals surface area contributed by atoms with Gasteiger partial charge in [-0.2, -0.15) is 0 Å². The number of rotatable bonds is 7. The van der Waals surface area contributed by atoms with Crippen molar-refractivity contribution in [3.8, 4) is 0 Å². The van der Waals surface area contributed by atoms with Gasteiger partial charge >= 0.3 is 0 Å². The van der Waals surface area contributed by atoms with Gasteiger partial charge in [0, 0.05) is 18.0 Å². The summed E-state index contributed by atoms with van der Waals surface area (Å²) in [5, 5.41) is 12.5. The summed E-state index contributed by atoms with van der Waals surface area (Å²) in [6.45, 7) is 4.54. The molecule has 0 aromatic carbocycles. The van der Waals surface area contributed by atoms with Crippen molar-refractivity contribution in [3.05, 3.63) is 11.4 Å². The Labute approximate surface area is 113 Å². The van der Waals surface area contributed by atoms with Crippen LogP contribution in [0.3, 0.4) is 0 Å². The lowest BCUT2D eigenvalue weighted by atomic mass is 10.2. The minimum atomic E-state index is -0.253. The molecule has 5 N–H and O–H groups in total. The smallest absolute Gasteiger partial charge is 0.148 e. The average molecular weight is 265 g/mol. The molecule has 0 aliphatic heterocycles. The first kappa shape index (κ1) is 14.0. The summed E-state index contributed by atoms with van der Waals surface area (Å²) < 4.78 is 0. The molecule has 0 saturated heterocycles. The fraction of sp³-hybridized carbons (Fsp3) is 0.692. The lowest BCUT2D eigenvalue weighted by molar-refractivity contribution is 0.183. The maximum atomic E-state index is 9.23. The van der Waals surface area contributed by atoms with E-state index in [1.807, 2.05) is 6.92 Å². The Balaban J connectivity index is 2.03. The highest BCUT2D eigenvalue weighted by atomic mass is 16.3. The van der Waals surface area contributed by atoms with Gasteiger partial charge in [0.25, 0.3) is 0 Å². The summed E-state index contributed by atoms with van der Waals surface area (Å²) >= 11 is 0. The normalized spacial score (nSPS) is 16.2. The van der Waals surface area contributed by atoms with Gasteiger partial charge in [-0.15, -0.1) is 0 Å². The first-order valence-corrected chi connectivity index (χ1v) is 6.89. The molecule has 2 rings (SSSR count). The zero-order valence-corrected chi connectivity index (χ0v) is 11.6. The Morgan fingerprint density at radius 2 is 2.05 bits per heavy atom. The summed E-state index contributed by atoms with van der Waals surface area (Å²) in [5.41, 5.74) is 3.57. The maximum absolute atomic E-state index is 9.23. The lowest BCUT2D eigenvalue weighted by Gasteiger charge is -2.13. The number of nitrogen functional groups attached to an aromatic ring is 1. The third kappa shape index (κ3) is 3.78. The Hall–Kier alpha value is -1.40. The second kappa shape index (κ2) is 6.16. The fourth-order valence-electron chi connectivity index (χ4n) is 1.97. The van der Waals surface area contributed by atoms with Crippen LogP contribution < -0.4 is 16.6 Å². The maximum Gasteiger partial charge on any atom is 0.148 e. The number of nitrogens with two attached hydrogens (primary N) is 1. The van der Waals surface area contributed by atoms with E-state index in [-0.39, 0.29) is 6.10 Å². The van der Waals surface area contributed by atoms with Crippen LogP contribution in [0.2, 0.25) is 0 Å². The molecular weight excluding hydrogens is 242 g/mol. The highest BCUT2D eigenvalue weighted by molar-refractivity contribution is 5.57. The zero-order valence-electron chi connectivity index (χ0n) is 11.6. The molecule has 6 heteroatoms. The number of nitrogens with zero attached hydrogens (tertiary/aromatic N) is 2. The summed E-state index contributed by atoms with van der Waals surface area (Å²) in [5.74, 6) is 8.40. The number of hydrazine groups is 1. The summed E-state index contributed by atoms with van der Waals surface area (Å²) in [6.07, 6.45) is 3.76. The molecule has 0 spiro atoms. The third-order valence-electron chi connectivity index (χ3n) is 3.33. The van der Waals surface area contributed by atoms with Crippen molar-refractivity contribution in [2.45, 2.75) is 51.6 Å². The number of anilines is 2. The van der Waals surface area contributed by atoms with Crippen LogP contribution in [0.1, 0.15) is 49.9 Å². The first-order chi connectivity index (χ1) is 9.11. The van der Waals surface area contributed by atoms with Crippen molar-refractivity contribution < 1.29 is 5.11 Å². The first-order valence-electron chi connectivity index (χ1n) is 6.89. The van der Waals surface area contributed by atoms with Gasteiger partial charge in [-0.3, -0.25) is 0 Å². The predicted octanol–water partition coefficient (Wildman–Crippen LogP) is 1.52. The Kier molecular flexibility index (Phi) is 4.55. The highest BCUT2D eigenvalue weighted by Crippen LogP contribution is 2.39. The van der Waals surface area contributed by atoms with Crippen molar-refractivity contribution in [3.63, 3.8) is 0 Å². The van der Waals surface area contributed by atoms with Crippen LogP contribution >= 0.6 is 0 Å². The van der Waals surface area contributed by atoms with Gasteiger partial charge in [0.1, 0.15) is 17.5 Å². The molecule has 1 aliphatic carbocycles. The fourth-order valence-corrected chi connectivity index (χ4v) is 1.97. The molecule has 1 atom stereocenters. The highest BCUT2D eigenvalue weighted by Gasteiger charge is 2.28. The third-order valence-corrected chi connectivity index (χ3v) is 3.33. The van der Waals surface area contributed by atoms with E-state index in [0.29, 0.717) is 11.7 Å². The van der Waals surface area contributed by atoms with Crippen LogP contribution in [0.4, 0.5) is 11.6 Å². The van der Waals surface area contributed by atoms with Crippen molar-refractivity contribution in [1.29, 1.82) is 0 Å². The van der Waals surface area contributed by atoms with E-state index in [1.54, 1.807) is 6.92 Å². The molecule has 1 fully saturated rings. The van der Waals surface area contributed by atoms with E-state index >= 15 is 0 Å². The molecule has 1 unspecified atom stereocenters.